The number of nitrogens with zero attached hydrogens (tertiary/aromatic N) is 1. The molecule has 1 saturated heterocycles. The second-order valence-corrected chi connectivity index (χ2v) is 4.75. The number of hydrogen-bond donors (Lipinski definition) is 5. The van der Waals surface area contributed by atoms with Crippen LogP contribution in [-0.2, 0) is 4.74 Å². The van der Waals surface area contributed by atoms with Gasteiger partial charge in [-0.1, -0.05) is 0 Å². The molecule has 2 rings (SSSR count). The number of rotatable bonds is 4. The number of benzene rings is 1. The monoisotopic (exact) mass is 317 g/mol. The van der Waals surface area contributed by atoms with E-state index in [0.717, 1.165) is 24.3 Å². The first-order chi connectivity index (χ1) is 10.3. The van der Waals surface area contributed by atoms with Crippen LogP contribution in [-0.4, -0.2) is 67.5 Å². The van der Waals surface area contributed by atoms with Crippen LogP contribution >= 0.6 is 0 Å². The highest BCUT2D eigenvalue weighted by Gasteiger charge is 2.55. The molecule has 0 spiro atoms. The summed E-state index contributed by atoms with van der Waals surface area (Å²) >= 11 is 0. The Morgan fingerprint density at radius 2 is 1.82 bits per heavy atom. The lowest BCUT2D eigenvalue weighted by Crippen LogP contribution is -2.67. The number of aliphatic hydroxyl groups excluding tert-OH is 4. The molecule has 0 radical (unpaired) electrons. The van der Waals surface area contributed by atoms with Crippen molar-refractivity contribution in [3.05, 3.63) is 34.4 Å². The summed E-state index contributed by atoms with van der Waals surface area (Å²) in [7, 11) is 0. The highest BCUT2D eigenvalue weighted by Crippen LogP contribution is 2.31. The topological polar surface area (TPSA) is 163 Å². The Bertz CT molecular complexity index is 534. The zero-order valence-corrected chi connectivity index (χ0v) is 11.1. The largest absolute Gasteiger partial charge is 0.437 e. The van der Waals surface area contributed by atoms with Crippen LogP contribution < -0.4 is 4.74 Å². The summed E-state index contributed by atoms with van der Waals surface area (Å²) in [5, 5.41) is 58.7. The second kappa shape index (κ2) is 6.12. The minimum absolute atomic E-state index is 0.0903. The van der Waals surface area contributed by atoms with E-state index in [1.165, 1.54) is 0 Å². The quantitative estimate of drug-likeness (QED) is 0.242. The predicted molar refractivity (Wildman–Crippen MR) is 68.7 cm³/mol. The third-order valence-corrected chi connectivity index (χ3v) is 3.24. The molecule has 0 bridgehead atoms. The van der Waals surface area contributed by atoms with Crippen molar-refractivity contribution in [2.75, 3.05) is 6.61 Å². The summed E-state index contributed by atoms with van der Waals surface area (Å²) in [6.45, 7) is -0.739. The maximum Gasteiger partial charge on any atom is 0.355 e. The van der Waals surface area contributed by atoms with Crippen LogP contribution in [0.15, 0.2) is 24.3 Å². The lowest BCUT2D eigenvalue weighted by atomic mass is 9.98. The van der Waals surface area contributed by atoms with Gasteiger partial charge in [-0.15, -0.1) is 0 Å². The van der Waals surface area contributed by atoms with Gasteiger partial charge >= 0.3 is 5.97 Å². The van der Waals surface area contributed by atoms with Gasteiger partial charge in [-0.3, -0.25) is 10.1 Å². The van der Waals surface area contributed by atoms with Gasteiger partial charge in [0, 0.05) is 12.1 Å². The Kier molecular flexibility index (Phi) is 4.60. The summed E-state index contributed by atoms with van der Waals surface area (Å²) in [4.78, 5) is 9.91. The summed E-state index contributed by atoms with van der Waals surface area (Å²) in [6, 6.07) is 4.50. The van der Waals surface area contributed by atoms with Gasteiger partial charge in [0.15, 0.2) is 6.10 Å². The van der Waals surface area contributed by atoms with E-state index in [1.807, 2.05) is 0 Å². The molecule has 1 aromatic rings. The van der Waals surface area contributed by atoms with Crippen molar-refractivity contribution in [1.29, 1.82) is 0 Å². The summed E-state index contributed by atoms with van der Waals surface area (Å²) in [6.07, 6.45) is -6.86. The second-order valence-electron chi connectivity index (χ2n) is 4.75. The molecule has 5 N–H and O–H groups in total. The van der Waals surface area contributed by atoms with Crippen LogP contribution in [0.2, 0.25) is 0 Å². The molecule has 0 aliphatic carbocycles. The zero-order chi connectivity index (χ0) is 16.5. The van der Waals surface area contributed by atoms with Crippen molar-refractivity contribution >= 4 is 5.69 Å². The molecule has 1 heterocycles. The maximum absolute atomic E-state index is 10.5. The fraction of sp³-hybridized carbons (Fsp3) is 0.500. The van der Waals surface area contributed by atoms with Gasteiger partial charge < -0.3 is 35.0 Å². The van der Waals surface area contributed by atoms with Gasteiger partial charge in [-0.05, 0) is 12.1 Å². The molecule has 1 fully saturated rings. The van der Waals surface area contributed by atoms with E-state index in [-0.39, 0.29) is 11.4 Å². The SMILES string of the molecule is O=[N+]([O-])c1ccc(OC2(O)O[C@H](CO)[C@H](O)[C@H](O)[C@H]2O)cc1. The van der Waals surface area contributed by atoms with Crippen LogP contribution in [0, 0.1) is 10.1 Å². The molecule has 10 heteroatoms. The number of non-ortho nitro benzene ring substituents is 1. The molecule has 1 unspecified atom stereocenters. The van der Waals surface area contributed by atoms with Crippen LogP contribution in [0.5, 0.6) is 5.75 Å². The third kappa shape index (κ3) is 3.02. The molecule has 1 aromatic carbocycles. The minimum atomic E-state index is -2.73. The molecular formula is C12H15NO9. The maximum atomic E-state index is 10.5. The van der Waals surface area contributed by atoms with E-state index in [1.54, 1.807) is 0 Å². The molecular weight excluding hydrogens is 302 g/mol. The molecule has 22 heavy (non-hydrogen) atoms. The molecule has 10 nitrogen and oxygen atoms in total. The highest BCUT2D eigenvalue weighted by atomic mass is 16.8. The number of ether oxygens (including phenoxy) is 2. The molecule has 0 saturated carbocycles. The smallest absolute Gasteiger partial charge is 0.355 e. The van der Waals surface area contributed by atoms with E-state index >= 15 is 0 Å². The summed E-state index contributed by atoms with van der Waals surface area (Å²) < 4.78 is 9.91. The average Bonchev–Trinajstić information content (AvgIpc) is 2.49. The van der Waals surface area contributed by atoms with E-state index in [4.69, 9.17) is 14.6 Å². The first-order valence-electron chi connectivity index (χ1n) is 6.27. The van der Waals surface area contributed by atoms with Crippen LogP contribution in [0.25, 0.3) is 0 Å². The van der Waals surface area contributed by atoms with Crippen molar-refractivity contribution in [3.8, 4) is 5.75 Å². The van der Waals surface area contributed by atoms with Gasteiger partial charge in [0.2, 0.25) is 0 Å². The van der Waals surface area contributed by atoms with Gasteiger partial charge in [-0.2, -0.15) is 0 Å². The Hall–Kier alpha value is -1.82. The van der Waals surface area contributed by atoms with Crippen molar-refractivity contribution in [2.45, 2.75) is 30.4 Å². The van der Waals surface area contributed by atoms with Gasteiger partial charge in [0.05, 0.1) is 11.5 Å². The van der Waals surface area contributed by atoms with Crippen molar-refractivity contribution in [3.63, 3.8) is 0 Å². The van der Waals surface area contributed by atoms with Crippen LogP contribution in [0.1, 0.15) is 0 Å². The first-order valence-corrected chi connectivity index (χ1v) is 6.27. The van der Waals surface area contributed by atoms with Gasteiger partial charge in [0.1, 0.15) is 24.1 Å². The van der Waals surface area contributed by atoms with Gasteiger partial charge in [-0.25, -0.2) is 0 Å². The Morgan fingerprint density at radius 1 is 1.23 bits per heavy atom. The fourth-order valence-corrected chi connectivity index (χ4v) is 2.01. The van der Waals surface area contributed by atoms with Crippen molar-refractivity contribution in [2.24, 2.45) is 0 Å². The van der Waals surface area contributed by atoms with E-state index < -0.39 is 41.9 Å². The molecule has 0 amide bonds. The number of aliphatic hydroxyl groups is 5. The highest BCUT2D eigenvalue weighted by molar-refractivity contribution is 5.36. The summed E-state index contributed by atoms with van der Waals surface area (Å²) in [5.41, 5.74) is -0.215. The van der Waals surface area contributed by atoms with Crippen molar-refractivity contribution < 1.29 is 39.9 Å². The molecule has 122 valence electrons. The molecule has 1 aliphatic heterocycles. The zero-order valence-electron chi connectivity index (χ0n) is 11.1. The molecule has 5 atom stereocenters. The number of hydrogen-bond acceptors (Lipinski definition) is 9. The summed E-state index contributed by atoms with van der Waals surface area (Å²) in [5.74, 6) is -2.82. The normalized spacial score (nSPS) is 35.1. The van der Waals surface area contributed by atoms with E-state index in [0.29, 0.717) is 0 Å². The Balaban J connectivity index is 2.20. The van der Waals surface area contributed by atoms with Crippen LogP contribution in [0.4, 0.5) is 5.69 Å². The fourth-order valence-electron chi connectivity index (χ4n) is 2.01. The van der Waals surface area contributed by atoms with E-state index in [2.05, 4.69) is 0 Å². The van der Waals surface area contributed by atoms with E-state index in [9.17, 15) is 30.5 Å². The molecule has 1 aliphatic rings. The molecule has 0 aromatic heterocycles. The predicted octanol–water partition coefficient (Wildman–Crippen LogP) is -1.91. The number of nitro groups is 1. The van der Waals surface area contributed by atoms with Crippen molar-refractivity contribution in [1.82, 2.24) is 0 Å². The lowest BCUT2D eigenvalue weighted by molar-refractivity contribution is -0.422. The third-order valence-electron chi connectivity index (χ3n) is 3.24. The van der Waals surface area contributed by atoms with Crippen LogP contribution in [0.3, 0.4) is 0 Å². The number of nitro benzene ring substituents is 1. The minimum Gasteiger partial charge on any atom is -0.437 e. The Morgan fingerprint density at radius 3 is 2.32 bits per heavy atom. The average molecular weight is 317 g/mol. The lowest BCUT2D eigenvalue weighted by Gasteiger charge is -2.44. The van der Waals surface area contributed by atoms with Gasteiger partial charge in [0.25, 0.3) is 5.69 Å². The first kappa shape index (κ1) is 16.5. The Labute approximate surface area is 123 Å². The standard InChI is InChI=1S/C12H15NO9/c14-5-8-9(15)10(16)11(17)12(18,22-8)21-7-3-1-6(2-4-7)13(19)20/h1-4,8-11,14-18H,5H2/t8-,9+,10+,11-,12?/m1/s1.